The highest BCUT2D eigenvalue weighted by Gasteiger charge is 2.14. The van der Waals surface area contributed by atoms with Gasteiger partial charge in [-0.25, -0.2) is 4.79 Å². The molecule has 0 bridgehead atoms. The second-order valence-electron chi connectivity index (χ2n) is 3.70. The summed E-state index contributed by atoms with van der Waals surface area (Å²) in [6.45, 7) is 2.73. The van der Waals surface area contributed by atoms with Crippen molar-refractivity contribution >= 4 is 5.97 Å². The molecule has 2 rings (SSSR count). The maximum Gasteiger partial charge on any atom is 0.354 e. The van der Waals surface area contributed by atoms with E-state index in [9.17, 15) is 4.79 Å². The van der Waals surface area contributed by atoms with Crippen molar-refractivity contribution in [1.29, 1.82) is 0 Å². The molecule has 0 amide bonds. The minimum absolute atomic E-state index is 0.308. The maximum atomic E-state index is 11.5. The Morgan fingerprint density at radius 3 is 2.82 bits per heavy atom. The van der Waals surface area contributed by atoms with Gasteiger partial charge in [-0.05, 0) is 31.2 Å². The summed E-state index contributed by atoms with van der Waals surface area (Å²) in [6, 6.07) is 7.49. The summed E-state index contributed by atoms with van der Waals surface area (Å²) in [4.78, 5) is 11.5. The van der Waals surface area contributed by atoms with Crippen LogP contribution in [0.15, 0.2) is 34.9 Å². The molecule has 0 aliphatic carbocycles. The van der Waals surface area contributed by atoms with Gasteiger partial charge in [0.05, 0.1) is 13.4 Å². The molecule has 0 saturated heterocycles. The van der Waals surface area contributed by atoms with Crippen LogP contribution in [0.1, 0.15) is 28.9 Å². The molecule has 0 aromatic carbocycles. The highest BCUT2D eigenvalue weighted by Crippen LogP contribution is 2.15. The molecule has 0 unspecified atom stereocenters. The van der Waals surface area contributed by atoms with Gasteiger partial charge in [0.15, 0.2) is 0 Å². The van der Waals surface area contributed by atoms with Crippen molar-refractivity contribution in [2.75, 3.05) is 7.11 Å². The third-order valence-corrected chi connectivity index (χ3v) is 2.72. The first-order chi connectivity index (χ1) is 8.26. The number of aromatic nitrogens is 1. The van der Waals surface area contributed by atoms with Gasteiger partial charge in [-0.1, -0.05) is 0 Å². The number of ether oxygens (including phenoxy) is 1. The Kier molecular flexibility index (Phi) is 3.32. The van der Waals surface area contributed by atoms with Crippen LogP contribution in [0.3, 0.4) is 0 Å². The van der Waals surface area contributed by atoms with Gasteiger partial charge in [-0.15, -0.1) is 0 Å². The summed E-state index contributed by atoms with van der Waals surface area (Å²) in [5.41, 5.74) is 1.62. The van der Waals surface area contributed by atoms with Gasteiger partial charge in [0.2, 0.25) is 0 Å². The SMILES string of the molecule is CCn1c(Cc2ccco2)ccc1C(=O)OC. The molecular formula is C13H15NO3. The molecule has 0 fully saturated rings. The van der Waals surface area contributed by atoms with E-state index in [1.54, 1.807) is 12.3 Å². The second-order valence-corrected chi connectivity index (χ2v) is 3.70. The Hall–Kier alpha value is -1.97. The van der Waals surface area contributed by atoms with E-state index >= 15 is 0 Å². The maximum absolute atomic E-state index is 11.5. The van der Waals surface area contributed by atoms with Crippen LogP contribution in [-0.2, 0) is 17.7 Å². The Morgan fingerprint density at radius 2 is 2.24 bits per heavy atom. The number of rotatable bonds is 4. The smallest absolute Gasteiger partial charge is 0.354 e. The molecule has 0 spiro atoms. The van der Waals surface area contributed by atoms with Gasteiger partial charge in [-0.3, -0.25) is 0 Å². The van der Waals surface area contributed by atoms with Crippen LogP contribution in [0, 0.1) is 0 Å². The summed E-state index contributed by atoms with van der Waals surface area (Å²) >= 11 is 0. The Bertz CT molecular complexity index is 497. The van der Waals surface area contributed by atoms with Crippen LogP contribution < -0.4 is 0 Å². The number of carbonyl (C=O) groups is 1. The van der Waals surface area contributed by atoms with Gasteiger partial charge in [0.1, 0.15) is 11.5 Å². The minimum Gasteiger partial charge on any atom is -0.469 e. The number of esters is 1. The molecule has 2 aromatic rings. The standard InChI is InChI=1S/C13H15NO3/c1-3-14-10(9-11-5-4-8-17-11)6-7-12(14)13(15)16-2/h4-8H,3,9H2,1-2H3. The van der Waals surface area contributed by atoms with Gasteiger partial charge in [0.25, 0.3) is 0 Å². The molecular weight excluding hydrogens is 218 g/mol. The van der Waals surface area contributed by atoms with Crippen LogP contribution in [-0.4, -0.2) is 17.6 Å². The average Bonchev–Trinajstić information content (AvgIpc) is 2.97. The summed E-state index contributed by atoms with van der Waals surface area (Å²) < 4.78 is 12.0. The van der Waals surface area contributed by atoms with E-state index in [-0.39, 0.29) is 5.97 Å². The molecule has 4 heteroatoms. The first kappa shape index (κ1) is 11.5. The van der Waals surface area contributed by atoms with E-state index in [4.69, 9.17) is 9.15 Å². The molecule has 0 radical (unpaired) electrons. The number of hydrogen-bond donors (Lipinski definition) is 0. The number of furan rings is 1. The topological polar surface area (TPSA) is 44.4 Å². The fourth-order valence-electron chi connectivity index (χ4n) is 1.91. The lowest BCUT2D eigenvalue weighted by Gasteiger charge is -2.08. The molecule has 0 aliphatic heterocycles. The predicted molar refractivity (Wildman–Crippen MR) is 63.0 cm³/mol. The number of nitrogens with zero attached hydrogens (tertiary/aromatic N) is 1. The highest BCUT2D eigenvalue weighted by atomic mass is 16.5. The van der Waals surface area contributed by atoms with Crippen molar-refractivity contribution in [2.45, 2.75) is 19.9 Å². The zero-order chi connectivity index (χ0) is 12.3. The molecule has 0 aliphatic rings. The summed E-state index contributed by atoms with van der Waals surface area (Å²) in [5, 5.41) is 0. The third kappa shape index (κ3) is 2.25. The average molecular weight is 233 g/mol. The molecule has 4 nitrogen and oxygen atoms in total. The van der Waals surface area contributed by atoms with Crippen LogP contribution in [0.4, 0.5) is 0 Å². The lowest BCUT2D eigenvalue weighted by Crippen LogP contribution is -2.11. The van der Waals surface area contributed by atoms with Crippen molar-refractivity contribution in [3.05, 3.63) is 47.7 Å². The summed E-state index contributed by atoms with van der Waals surface area (Å²) in [7, 11) is 1.39. The molecule has 0 saturated carbocycles. The Balaban J connectivity index is 2.29. The van der Waals surface area contributed by atoms with E-state index in [0.717, 1.165) is 18.0 Å². The number of carbonyl (C=O) groups excluding carboxylic acids is 1. The fraction of sp³-hybridized carbons (Fsp3) is 0.308. The fourth-order valence-corrected chi connectivity index (χ4v) is 1.91. The molecule has 2 aromatic heterocycles. The predicted octanol–water partition coefficient (Wildman–Crippen LogP) is 2.48. The van der Waals surface area contributed by atoms with E-state index < -0.39 is 0 Å². The van der Waals surface area contributed by atoms with Crippen molar-refractivity contribution in [3.63, 3.8) is 0 Å². The van der Waals surface area contributed by atoms with E-state index in [0.29, 0.717) is 12.1 Å². The lowest BCUT2D eigenvalue weighted by atomic mass is 10.2. The second kappa shape index (κ2) is 4.91. The third-order valence-electron chi connectivity index (χ3n) is 2.72. The van der Waals surface area contributed by atoms with Crippen molar-refractivity contribution in [2.24, 2.45) is 0 Å². The minimum atomic E-state index is -0.308. The molecule has 0 N–H and O–H groups in total. The van der Waals surface area contributed by atoms with Gasteiger partial charge in [0, 0.05) is 18.7 Å². The zero-order valence-corrected chi connectivity index (χ0v) is 9.97. The normalized spacial score (nSPS) is 10.5. The van der Waals surface area contributed by atoms with Crippen LogP contribution in [0.25, 0.3) is 0 Å². The zero-order valence-electron chi connectivity index (χ0n) is 9.97. The van der Waals surface area contributed by atoms with Crippen molar-refractivity contribution in [1.82, 2.24) is 4.57 Å². The molecule has 2 heterocycles. The van der Waals surface area contributed by atoms with E-state index in [1.807, 2.05) is 29.7 Å². The molecule has 90 valence electrons. The van der Waals surface area contributed by atoms with Crippen molar-refractivity contribution in [3.8, 4) is 0 Å². The van der Waals surface area contributed by atoms with Gasteiger partial charge < -0.3 is 13.7 Å². The van der Waals surface area contributed by atoms with Crippen molar-refractivity contribution < 1.29 is 13.9 Å². The quantitative estimate of drug-likeness (QED) is 0.762. The summed E-state index contributed by atoms with van der Waals surface area (Å²) in [6.07, 6.45) is 2.33. The lowest BCUT2D eigenvalue weighted by molar-refractivity contribution is 0.0588. The Labute approximate surface area is 99.8 Å². The van der Waals surface area contributed by atoms with Crippen LogP contribution in [0.5, 0.6) is 0 Å². The number of methoxy groups -OCH3 is 1. The summed E-state index contributed by atoms with van der Waals surface area (Å²) in [5.74, 6) is 0.576. The number of hydrogen-bond acceptors (Lipinski definition) is 3. The largest absolute Gasteiger partial charge is 0.469 e. The van der Waals surface area contributed by atoms with Crippen LogP contribution in [0.2, 0.25) is 0 Å². The van der Waals surface area contributed by atoms with Gasteiger partial charge in [-0.2, -0.15) is 0 Å². The molecule has 0 atom stereocenters. The van der Waals surface area contributed by atoms with Crippen LogP contribution >= 0.6 is 0 Å². The first-order valence-electron chi connectivity index (χ1n) is 5.55. The Morgan fingerprint density at radius 1 is 1.41 bits per heavy atom. The van der Waals surface area contributed by atoms with Gasteiger partial charge >= 0.3 is 5.97 Å². The highest BCUT2D eigenvalue weighted by molar-refractivity contribution is 5.87. The first-order valence-corrected chi connectivity index (χ1v) is 5.55. The van der Waals surface area contributed by atoms with E-state index in [2.05, 4.69) is 0 Å². The molecule has 17 heavy (non-hydrogen) atoms. The monoisotopic (exact) mass is 233 g/mol. The van der Waals surface area contributed by atoms with E-state index in [1.165, 1.54) is 7.11 Å².